The van der Waals surface area contributed by atoms with Crippen LogP contribution in [0.2, 0.25) is 18.1 Å². The van der Waals surface area contributed by atoms with Gasteiger partial charge in [-0.2, -0.15) is 0 Å². The standard InChI is InChI=1S/C23H35NO5Si/c1-8-28-21(25)13-12-17-10-9-11-19-16(2)24(22(26)27)18(14-20(17)19)15-29-30(6,7)23(3,4)5/h9-13,16,18H,8,14-15H2,1-7H3,(H,26,27)/b13-12+/t16-,18+/m0/s1. The highest BCUT2D eigenvalue weighted by Crippen LogP contribution is 2.39. The number of benzene rings is 1. The Morgan fingerprint density at radius 1 is 1.30 bits per heavy atom. The van der Waals surface area contributed by atoms with E-state index in [4.69, 9.17) is 9.16 Å². The van der Waals surface area contributed by atoms with Crippen molar-refractivity contribution in [3.63, 3.8) is 0 Å². The van der Waals surface area contributed by atoms with E-state index in [1.165, 1.54) is 11.0 Å². The Bertz CT molecular complexity index is 812. The predicted molar refractivity (Wildman–Crippen MR) is 121 cm³/mol. The first-order valence-electron chi connectivity index (χ1n) is 10.5. The highest BCUT2D eigenvalue weighted by atomic mass is 28.4. The number of hydrogen-bond acceptors (Lipinski definition) is 4. The Labute approximate surface area is 181 Å². The third kappa shape index (κ3) is 5.32. The molecule has 6 nitrogen and oxygen atoms in total. The number of nitrogens with zero attached hydrogens (tertiary/aromatic N) is 1. The molecule has 0 bridgehead atoms. The average Bonchev–Trinajstić information content (AvgIpc) is 2.64. The van der Waals surface area contributed by atoms with Crippen LogP contribution in [0.4, 0.5) is 4.79 Å². The van der Waals surface area contributed by atoms with Crippen LogP contribution in [0.25, 0.3) is 6.08 Å². The molecule has 0 saturated carbocycles. The van der Waals surface area contributed by atoms with Crippen LogP contribution in [-0.2, 0) is 20.4 Å². The van der Waals surface area contributed by atoms with E-state index in [0.717, 1.165) is 16.7 Å². The summed E-state index contributed by atoms with van der Waals surface area (Å²) in [4.78, 5) is 25.3. The normalized spacial score (nSPS) is 19.6. The fourth-order valence-corrected chi connectivity index (χ4v) is 4.58. The highest BCUT2D eigenvalue weighted by molar-refractivity contribution is 6.74. The average molecular weight is 434 g/mol. The topological polar surface area (TPSA) is 76.1 Å². The second-order valence-corrected chi connectivity index (χ2v) is 14.1. The maximum absolute atomic E-state index is 12.1. The lowest BCUT2D eigenvalue weighted by molar-refractivity contribution is -0.137. The van der Waals surface area contributed by atoms with Gasteiger partial charge in [0, 0.05) is 6.08 Å². The van der Waals surface area contributed by atoms with Crippen molar-refractivity contribution in [1.29, 1.82) is 0 Å². The Morgan fingerprint density at radius 2 is 1.97 bits per heavy atom. The van der Waals surface area contributed by atoms with Crippen molar-refractivity contribution in [3.05, 3.63) is 41.0 Å². The molecule has 0 fully saturated rings. The van der Waals surface area contributed by atoms with E-state index in [1.54, 1.807) is 13.0 Å². The minimum atomic E-state index is -2.01. The molecule has 1 aromatic rings. The molecule has 0 aromatic heterocycles. The maximum Gasteiger partial charge on any atom is 0.408 e. The first-order chi connectivity index (χ1) is 13.9. The molecule has 1 aliphatic heterocycles. The second kappa shape index (κ2) is 9.35. The van der Waals surface area contributed by atoms with Gasteiger partial charge in [-0.15, -0.1) is 0 Å². The molecule has 1 heterocycles. The van der Waals surface area contributed by atoms with Crippen LogP contribution in [0.1, 0.15) is 57.4 Å². The summed E-state index contributed by atoms with van der Waals surface area (Å²) in [5.41, 5.74) is 2.94. The van der Waals surface area contributed by atoms with Crippen molar-refractivity contribution >= 4 is 26.5 Å². The van der Waals surface area contributed by atoms with Crippen molar-refractivity contribution in [1.82, 2.24) is 4.90 Å². The lowest BCUT2D eigenvalue weighted by atomic mass is 9.86. The van der Waals surface area contributed by atoms with Crippen molar-refractivity contribution in [2.75, 3.05) is 13.2 Å². The van der Waals surface area contributed by atoms with E-state index >= 15 is 0 Å². The van der Waals surface area contributed by atoms with Gasteiger partial charge in [0.2, 0.25) is 0 Å². The van der Waals surface area contributed by atoms with Crippen LogP contribution in [0.3, 0.4) is 0 Å². The van der Waals surface area contributed by atoms with Gasteiger partial charge < -0.3 is 14.3 Å². The molecule has 7 heteroatoms. The monoisotopic (exact) mass is 433 g/mol. The molecule has 1 aliphatic rings. The molecule has 0 radical (unpaired) electrons. The Kier molecular flexibility index (Phi) is 7.53. The van der Waals surface area contributed by atoms with Crippen LogP contribution in [0.15, 0.2) is 24.3 Å². The van der Waals surface area contributed by atoms with Crippen molar-refractivity contribution in [2.45, 2.75) is 71.3 Å². The van der Waals surface area contributed by atoms with E-state index in [-0.39, 0.29) is 23.1 Å². The molecule has 30 heavy (non-hydrogen) atoms. The fraction of sp³-hybridized carbons (Fsp3) is 0.565. The molecule has 0 unspecified atom stereocenters. The quantitative estimate of drug-likeness (QED) is 0.377. The lowest BCUT2D eigenvalue weighted by Crippen LogP contribution is -2.51. The summed E-state index contributed by atoms with van der Waals surface area (Å²) in [5.74, 6) is -0.385. The molecule has 1 aromatic carbocycles. The molecule has 0 aliphatic carbocycles. The first-order valence-corrected chi connectivity index (χ1v) is 13.4. The third-order valence-corrected chi connectivity index (χ3v) is 10.8. The molecule has 0 spiro atoms. The van der Waals surface area contributed by atoms with Crippen LogP contribution >= 0.6 is 0 Å². The van der Waals surface area contributed by atoms with E-state index < -0.39 is 14.4 Å². The van der Waals surface area contributed by atoms with Crippen LogP contribution < -0.4 is 0 Å². The molecule has 0 saturated heterocycles. The molecular weight excluding hydrogens is 398 g/mol. The molecule has 166 valence electrons. The van der Waals surface area contributed by atoms with Crippen molar-refractivity contribution in [3.8, 4) is 0 Å². The van der Waals surface area contributed by atoms with Crippen molar-refractivity contribution in [2.24, 2.45) is 0 Å². The lowest BCUT2D eigenvalue weighted by Gasteiger charge is -2.43. The molecule has 1 amide bonds. The molecule has 1 N–H and O–H groups in total. The van der Waals surface area contributed by atoms with Gasteiger partial charge in [0.25, 0.3) is 0 Å². The number of amides is 1. The number of hydrogen-bond donors (Lipinski definition) is 1. The zero-order valence-electron chi connectivity index (χ0n) is 19.2. The number of fused-ring (bicyclic) bond motifs is 1. The molecule has 2 atom stereocenters. The number of ether oxygens (including phenoxy) is 1. The van der Waals surface area contributed by atoms with Crippen LogP contribution in [0.5, 0.6) is 0 Å². The predicted octanol–water partition coefficient (Wildman–Crippen LogP) is 5.25. The number of carboxylic acid groups (broad SMARTS) is 1. The Hall–Kier alpha value is -2.12. The van der Waals surface area contributed by atoms with E-state index in [1.807, 2.05) is 25.1 Å². The van der Waals surface area contributed by atoms with Gasteiger partial charge in [-0.1, -0.05) is 39.0 Å². The zero-order chi connectivity index (χ0) is 22.7. The van der Waals surface area contributed by atoms with Crippen LogP contribution in [0, 0.1) is 0 Å². The first kappa shape index (κ1) is 24.1. The Morgan fingerprint density at radius 3 is 2.53 bits per heavy atom. The largest absolute Gasteiger partial charge is 0.465 e. The summed E-state index contributed by atoms with van der Waals surface area (Å²) in [6.45, 7) is 15.2. The molecule has 2 rings (SSSR count). The smallest absolute Gasteiger partial charge is 0.408 e. The summed E-state index contributed by atoms with van der Waals surface area (Å²) < 4.78 is 11.4. The van der Waals surface area contributed by atoms with E-state index in [2.05, 4.69) is 33.9 Å². The minimum Gasteiger partial charge on any atom is -0.465 e. The summed E-state index contributed by atoms with van der Waals surface area (Å²) in [5, 5.41) is 9.95. The SMILES string of the molecule is CCOC(=O)/C=C/c1cccc2c1C[C@H](CO[Si](C)(C)C(C)(C)C)N(C(=O)O)[C@H]2C. The maximum atomic E-state index is 12.1. The van der Waals surface area contributed by atoms with E-state index in [0.29, 0.717) is 19.6 Å². The highest BCUT2D eigenvalue weighted by Gasteiger charge is 2.41. The van der Waals surface area contributed by atoms with Crippen LogP contribution in [-0.4, -0.2) is 49.6 Å². The molecular formula is C23H35NO5Si. The van der Waals surface area contributed by atoms with E-state index in [9.17, 15) is 14.7 Å². The number of esters is 1. The van der Waals surface area contributed by atoms with Gasteiger partial charge in [0.15, 0.2) is 8.32 Å². The number of carbonyl (C=O) groups excluding carboxylic acids is 1. The number of rotatable bonds is 6. The van der Waals surface area contributed by atoms with Gasteiger partial charge in [-0.3, -0.25) is 4.90 Å². The summed E-state index contributed by atoms with van der Waals surface area (Å²) in [6.07, 6.45) is 2.79. The van der Waals surface area contributed by atoms with Gasteiger partial charge in [0.1, 0.15) is 0 Å². The summed E-state index contributed by atoms with van der Waals surface area (Å²) in [6, 6.07) is 5.23. The third-order valence-electron chi connectivity index (χ3n) is 6.30. The van der Waals surface area contributed by atoms with Gasteiger partial charge >= 0.3 is 12.1 Å². The van der Waals surface area contributed by atoms with Gasteiger partial charge in [-0.05, 0) is 61.2 Å². The summed E-state index contributed by atoms with van der Waals surface area (Å²) >= 11 is 0. The van der Waals surface area contributed by atoms with Gasteiger partial charge in [0.05, 0.1) is 25.3 Å². The summed E-state index contributed by atoms with van der Waals surface area (Å²) in [7, 11) is -2.01. The minimum absolute atomic E-state index is 0.0484. The number of carbonyl (C=O) groups is 2. The van der Waals surface area contributed by atoms with Gasteiger partial charge in [-0.25, -0.2) is 9.59 Å². The second-order valence-electron chi connectivity index (χ2n) is 9.30. The Balaban J connectivity index is 2.36. The zero-order valence-corrected chi connectivity index (χ0v) is 20.2. The fourth-order valence-electron chi connectivity index (χ4n) is 3.54. The van der Waals surface area contributed by atoms with Crippen molar-refractivity contribution < 1.29 is 23.9 Å².